The fourth-order valence-corrected chi connectivity index (χ4v) is 4.26. The molecule has 0 bridgehead atoms. The lowest BCUT2D eigenvalue weighted by Gasteiger charge is -2.40. The molecule has 146 valence electrons. The van der Waals surface area contributed by atoms with E-state index in [4.69, 9.17) is 4.43 Å². The first-order valence-corrected chi connectivity index (χ1v) is 12.8. The second-order valence-corrected chi connectivity index (χ2v) is 14.5. The van der Waals surface area contributed by atoms with Gasteiger partial charge in [0.25, 0.3) is 0 Å². The van der Waals surface area contributed by atoms with Crippen LogP contribution in [0.3, 0.4) is 0 Å². The highest BCUT2D eigenvalue weighted by molar-refractivity contribution is 6.74. The molecule has 25 heavy (non-hydrogen) atoms. The summed E-state index contributed by atoms with van der Waals surface area (Å²) in [7, 11) is -1.83. The van der Waals surface area contributed by atoms with Crippen LogP contribution in [0.4, 0.5) is 0 Å². The van der Waals surface area contributed by atoms with Crippen LogP contribution in [-0.4, -0.2) is 31.9 Å². The monoisotopic (exact) mass is 368 g/mol. The Morgan fingerprint density at radius 1 is 1.32 bits per heavy atom. The Labute approximate surface area is 156 Å². The molecule has 1 saturated carbocycles. The molecule has 0 aromatic rings. The first-order valence-electron chi connectivity index (χ1n) is 9.89. The largest absolute Gasteiger partial charge is 0.417 e. The molecule has 0 spiro atoms. The van der Waals surface area contributed by atoms with Crippen molar-refractivity contribution in [3.63, 3.8) is 0 Å². The van der Waals surface area contributed by atoms with E-state index in [0.29, 0.717) is 18.9 Å². The van der Waals surface area contributed by atoms with E-state index in [1.807, 2.05) is 0 Å². The summed E-state index contributed by atoms with van der Waals surface area (Å²) in [5.41, 5.74) is 1.12. The van der Waals surface area contributed by atoms with Crippen molar-refractivity contribution in [3.8, 4) is 0 Å². The summed E-state index contributed by atoms with van der Waals surface area (Å²) in [6.45, 7) is 18.4. The Kier molecular flexibility index (Phi) is 8.10. The average Bonchev–Trinajstić information content (AvgIpc) is 2.46. The number of carbonyl (C=O) groups excluding carboxylic acids is 1. The van der Waals surface area contributed by atoms with E-state index >= 15 is 0 Å². The molecule has 1 aliphatic carbocycles. The highest BCUT2D eigenvalue weighted by Gasteiger charge is 2.41. The third kappa shape index (κ3) is 6.33. The van der Waals surface area contributed by atoms with Gasteiger partial charge in [-0.05, 0) is 62.6 Å². The Balaban J connectivity index is 2.86. The molecule has 0 aromatic heterocycles. The maximum atomic E-state index is 12.7. The maximum absolute atomic E-state index is 12.7. The van der Waals surface area contributed by atoms with E-state index in [1.54, 1.807) is 0 Å². The van der Waals surface area contributed by atoms with Crippen LogP contribution in [0.2, 0.25) is 18.1 Å². The summed E-state index contributed by atoms with van der Waals surface area (Å²) in [6.07, 6.45) is 4.97. The van der Waals surface area contributed by atoms with Crippen LogP contribution in [0.5, 0.6) is 0 Å². The van der Waals surface area contributed by atoms with Gasteiger partial charge in [0.2, 0.25) is 0 Å². The van der Waals surface area contributed by atoms with Crippen molar-refractivity contribution in [2.75, 3.05) is 6.61 Å². The van der Waals surface area contributed by atoms with Crippen LogP contribution in [0, 0.1) is 17.8 Å². The highest BCUT2D eigenvalue weighted by atomic mass is 28.4. The molecular formula is C21H40O3Si. The van der Waals surface area contributed by atoms with Crippen molar-refractivity contribution in [1.29, 1.82) is 0 Å². The molecule has 0 amide bonds. The fourth-order valence-electron chi connectivity index (χ4n) is 3.20. The molecule has 0 radical (unpaired) electrons. The molecular weight excluding hydrogens is 328 g/mol. The maximum Gasteiger partial charge on any atom is 0.191 e. The number of Topliss-reactive ketones (excluding diaryl/α,β-unsaturated/α-hetero) is 1. The van der Waals surface area contributed by atoms with Gasteiger partial charge in [-0.15, -0.1) is 0 Å². The molecule has 0 saturated heterocycles. The van der Waals surface area contributed by atoms with E-state index < -0.39 is 14.4 Å². The lowest BCUT2D eigenvalue weighted by atomic mass is 9.73. The van der Waals surface area contributed by atoms with Gasteiger partial charge in [-0.3, -0.25) is 4.79 Å². The Morgan fingerprint density at radius 2 is 1.92 bits per heavy atom. The molecule has 4 heteroatoms. The Bertz CT molecular complexity index is 474. The van der Waals surface area contributed by atoms with Crippen molar-refractivity contribution in [3.05, 3.63) is 11.6 Å². The number of aliphatic hydroxyl groups excluding tert-OH is 1. The van der Waals surface area contributed by atoms with Gasteiger partial charge >= 0.3 is 0 Å². The predicted octanol–water partition coefficient (Wildman–Crippen LogP) is 5.35. The normalized spacial score (nSPS) is 26.4. The number of hydrogen-bond acceptors (Lipinski definition) is 3. The van der Waals surface area contributed by atoms with Crippen molar-refractivity contribution in [2.45, 2.75) is 91.5 Å². The van der Waals surface area contributed by atoms with Gasteiger partial charge in [-0.1, -0.05) is 46.3 Å². The van der Waals surface area contributed by atoms with Crippen molar-refractivity contribution in [2.24, 2.45) is 17.8 Å². The quantitative estimate of drug-likeness (QED) is 0.487. The van der Waals surface area contributed by atoms with Crippen molar-refractivity contribution >= 4 is 14.1 Å². The molecule has 3 atom stereocenters. The number of ketones is 1. The zero-order valence-electron chi connectivity index (χ0n) is 17.7. The van der Waals surface area contributed by atoms with Crippen molar-refractivity contribution < 1.29 is 14.3 Å². The molecule has 3 nitrogen and oxygen atoms in total. The standard InChI is InChI=1S/C21H40O3Si/c1-15(2)10-9-11-16(3)19-17(12-13-18(22)20(19)23)14-24-25(7,8)21(4,5)6/h11,15,17-19,22H,9-10,12-14H2,1-8H3/t17-,18?,19-/m1/s1. The van der Waals surface area contributed by atoms with Gasteiger partial charge in [0.15, 0.2) is 14.1 Å². The SMILES string of the molecule is CC(=CCCC(C)C)[C@H]1C(=O)C(O)CC[C@@H]1CO[Si](C)(C)C(C)(C)C. The first-order chi connectivity index (χ1) is 11.4. The smallest absolute Gasteiger partial charge is 0.191 e. The summed E-state index contributed by atoms with van der Waals surface area (Å²) < 4.78 is 6.42. The number of aliphatic hydroxyl groups is 1. The molecule has 1 N–H and O–H groups in total. The second kappa shape index (κ2) is 8.96. The van der Waals surface area contributed by atoms with Crippen LogP contribution in [0.25, 0.3) is 0 Å². The Morgan fingerprint density at radius 3 is 2.44 bits per heavy atom. The van der Waals surface area contributed by atoms with Gasteiger partial charge in [0, 0.05) is 12.5 Å². The number of allylic oxidation sites excluding steroid dienone is 2. The van der Waals surface area contributed by atoms with Gasteiger partial charge in [0.05, 0.1) is 0 Å². The predicted molar refractivity (Wildman–Crippen MR) is 108 cm³/mol. The second-order valence-electron chi connectivity index (χ2n) is 9.72. The zero-order chi connectivity index (χ0) is 19.4. The van der Waals surface area contributed by atoms with Crippen molar-refractivity contribution in [1.82, 2.24) is 0 Å². The van der Waals surface area contributed by atoms with E-state index in [0.717, 1.165) is 24.8 Å². The number of hydrogen-bond donors (Lipinski definition) is 1. The van der Waals surface area contributed by atoms with Crippen LogP contribution in [-0.2, 0) is 9.22 Å². The van der Waals surface area contributed by atoms with Gasteiger partial charge in [-0.25, -0.2) is 0 Å². The summed E-state index contributed by atoms with van der Waals surface area (Å²) in [6, 6.07) is 0. The van der Waals surface area contributed by atoms with Crippen LogP contribution >= 0.6 is 0 Å². The molecule has 0 aromatic carbocycles. The minimum Gasteiger partial charge on any atom is -0.417 e. The molecule has 1 aliphatic rings. The van der Waals surface area contributed by atoms with Crippen LogP contribution in [0.15, 0.2) is 11.6 Å². The number of carbonyl (C=O) groups is 1. The third-order valence-corrected chi connectivity index (χ3v) is 10.6. The minimum absolute atomic E-state index is 0.00613. The van der Waals surface area contributed by atoms with Gasteiger partial charge in [-0.2, -0.15) is 0 Å². The third-order valence-electron chi connectivity index (χ3n) is 6.08. The summed E-state index contributed by atoms with van der Waals surface area (Å²) in [5, 5.41) is 10.2. The highest BCUT2D eigenvalue weighted by Crippen LogP contribution is 2.39. The van der Waals surface area contributed by atoms with E-state index in [9.17, 15) is 9.90 Å². The molecule has 0 aliphatic heterocycles. The topological polar surface area (TPSA) is 46.5 Å². The Hall–Kier alpha value is -0.453. The molecule has 1 fully saturated rings. The zero-order valence-corrected chi connectivity index (χ0v) is 18.7. The van der Waals surface area contributed by atoms with E-state index in [1.165, 1.54) is 0 Å². The minimum atomic E-state index is -1.83. The summed E-state index contributed by atoms with van der Waals surface area (Å²) >= 11 is 0. The molecule has 1 unspecified atom stereocenters. The van der Waals surface area contributed by atoms with Crippen LogP contribution in [0.1, 0.15) is 67.2 Å². The van der Waals surface area contributed by atoms with E-state index in [-0.39, 0.29) is 22.7 Å². The lowest BCUT2D eigenvalue weighted by Crippen LogP contribution is -2.45. The lowest BCUT2D eigenvalue weighted by molar-refractivity contribution is -0.135. The number of rotatable bonds is 7. The van der Waals surface area contributed by atoms with E-state index in [2.05, 4.69) is 60.7 Å². The average molecular weight is 369 g/mol. The summed E-state index contributed by atoms with van der Waals surface area (Å²) in [5.74, 6) is 0.670. The van der Waals surface area contributed by atoms with Crippen LogP contribution < -0.4 is 0 Å². The molecule has 0 heterocycles. The van der Waals surface area contributed by atoms with Gasteiger partial charge < -0.3 is 9.53 Å². The fraction of sp³-hybridized carbons (Fsp3) is 0.857. The molecule has 1 rings (SSSR count). The van der Waals surface area contributed by atoms with Gasteiger partial charge in [0.1, 0.15) is 6.10 Å². The first kappa shape index (κ1) is 22.6. The summed E-state index contributed by atoms with van der Waals surface area (Å²) in [4.78, 5) is 12.7.